The summed E-state index contributed by atoms with van der Waals surface area (Å²) >= 11 is 9.23. The van der Waals surface area contributed by atoms with Crippen LogP contribution < -0.4 is 0 Å². The molecule has 3 heteroatoms. The molecule has 0 aliphatic heterocycles. The predicted molar refractivity (Wildman–Crippen MR) is 55.6 cm³/mol. The lowest BCUT2D eigenvalue weighted by atomic mass is 10.2. The third-order valence-electron chi connectivity index (χ3n) is 1.89. The zero-order valence-corrected chi connectivity index (χ0v) is 8.61. The van der Waals surface area contributed by atoms with Crippen LogP contribution >= 0.6 is 27.5 Å². The number of rotatable bonds is 1. The number of hydrogen-bond donors (Lipinski definition) is 1. The van der Waals surface area contributed by atoms with Gasteiger partial charge in [-0.2, -0.15) is 0 Å². The quantitative estimate of drug-likeness (QED) is 0.737. The second-order valence-electron chi connectivity index (χ2n) is 2.61. The van der Waals surface area contributed by atoms with Crippen LogP contribution in [0.1, 0.15) is 5.56 Å². The molecule has 1 heterocycles. The first-order valence-electron chi connectivity index (χ1n) is 3.63. The van der Waals surface area contributed by atoms with Gasteiger partial charge in [-0.3, -0.25) is 0 Å². The van der Waals surface area contributed by atoms with Crippen molar-refractivity contribution in [3.8, 4) is 0 Å². The summed E-state index contributed by atoms with van der Waals surface area (Å²) < 4.78 is 1.08. The lowest BCUT2D eigenvalue weighted by Crippen LogP contribution is -1.72. The van der Waals surface area contributed by atoms with Crippen molar-refractivity contribution in [3.63, 3.8) is 0 Å². The van der Waals surface area contributed by atoms with Crippen LogP contribution in [0.3, 0.4) is 0 Å². The number of benzene rings is 1. The van der Waals surface area contributed by atoms with E-state index in [0.29, 0.717) is 5.88 Å². The van der Waals surface area contributed by atoms with E-state index >= 15 is 0 Å². The molecular formula is C9H7BrClN. The van der Waals surface area contributed by atoms with Crippen LogP contribution in [-0.2, 0) is 5.88 Å². The Kier molecular flexibility index (Phi) is 2.11. The number of nitrogens with one attached hydrogen (secondary N) is 1. The molecule has 1 aromatic heterocycles. The number of alkyl halides is 1. The van der Waals surface area contributed by atoms with Crippen LogP contribution in [0.4, 0.5) is 0 Å². The zero-order valence-electron chi connectivity index (χ0n) is 6.27. The average Bonchev–Trinajstić information content (AvgIpc) is 2.49. The van der Waals surface area contributed by atoms with Crippen molar-refractivity contribution < 1.29 is 0 Å². The Morgan fingerprint density at radius 2 is 2.25 bits per heavy atom. The van der Waals surface area contributed by atoms with Gasteiger partial charge in [0.05, 0.1) is 5.52 Å². The maximum atomic E-state index is 5.76. The van der Waals surface area contributed by atoms with Gasteiger partial charge in [0.15, 0.2) is 0 Å². The van der Waals surface area contributed by atoms with Crippen LogP contribution in [0.5, 0.6) is 0 Å². The summed E-state index contributed by atoms with van der Waals surface area (Å²) in [6.07, 6.45) is 1.95. The summed E-state index contributed by atoms with van der Waals surface area (Å²) in [5, 5.41) is 1.19. The monoisotopic (exact) mass is 243 g/mol. The predicted octanol–water partition coefficient (Wildman–Crippen LogP) is 3.67. The molecule has 0 unspecified atom stereocenters. The van der Waals surface area contributed by atoms with Gasteiger partial charge in [-0.25, -0.2) is 0 Å². The maximum absolute atomic E-state index is 5.76. The van der Waals surface area contributed by atoms with Crippen molar-refractivity contribution in [2.75, 3.05) is 0 Å². The fraction of sp³-hybridized carbons (Fsp3) is 0.111. The van der Waals surface area contributed by atoms with Gasteiger partial charge in [0.25, 0.3) is 0 Å². The van der Waals surface area contributed by atoms with Crippen molar-refractivity contribution in [1.29, 1.82) is 0 Å². The zero-order chi connectivity index (χ0) is 8.55. The van der Waals surface area contributed by atoms with Gasteiger partial charge in [0.1, 0.15) is 0 Å². The highest BCUT2D eigenvalue weighted by molar-refractivity contribution is 9.10. The van der Waals surface area contributed by atoms with Crippen molar-refractivity contribution in [3.05, 3.63) is 34.4 Å². The molecule has 0 aliphatic rings. The number of halogens is 2. The van der Waals surface area contributed by atoms with Gasteiger partial charge < -0.3 is 4.98 Å². The molecule has 0 atom stereocenters. The minimum absolute atomic E-state index is 0.552. The van der Waals surface area contributed by atoms with Crippen LogP contribution in [-0.4, -0.2) is 4.98 Å². The van der Waals surface area contributed by atoms with Gasteiger partial charge >= 0.3 is 0 Å². The molecule has 0 bridgehead atoms. The molecule has 2 rings (SSSR count). The summed E-state index contributed by atoms with van der Waals surface area (Å²) in [4.78, 5) is 3.18. The molecule has 1 aromatic carbocycles. The van der Waals surface area contributed by atoms with Gasteiger partial charge in [0.2, 0.25) is 0 Å². The van der Waals surface area contributed by atoms with Crippen molar-refractivity contribution in [1.82, 2.24) is 4.98 Å². The second kappa shape index (κ2) is 3.11. The molecule has 1 nitrogen and oxygen atoms in total. The van der Waals surface area contributed by atoms with Crippen molar-refractivity contribution in [2.24, 2.45) is 0 Å². The molecule has 0 radical (unpaired) electrons. The molecule has 0 saturated carbocycles. The molecule has 1 N–H and O–H groups in total. The van der Waals surface area contributed by atoms with Crippen molar-refractivity contribution >= 4 is 38.4 Å². The number of fused-ring (bicyclic) bond motifs is 1. The third kappa shape index (κ3) is 1.15. The highest BCUT2D eigenvalue weighted by Crippen LogP contribution is 2.26. The van der Waals surface area contributed by atoms with Crippen LogP contribution in [0, 0.1) is 0 Å². The Labute approximate surface area is 83.9 Å². The first-order valence-corrected chi connectivity index (χ1v) is 4.96. The SMILES string of the molecule is ClCc1c[nH]c2c(Br)cccc12. The van der Waals surface area contributed by atoms with Crippen molar-refractivity contribution in [2.45, 2.75) is 5.88 Å². The summed E-state index contributed by atoms with van der Waals surface area (Å²) in [5.74, 6) is 0.552. The van der Waals surface area contributed by atoms with Gasteiger partial charge in [-0.05, 0) is 27.6 Å². The van der Waals surface area contributed by atoms with E-state index in [2.05, 4.69) is 27.0 Å². The Morgan fingerprint density at radius 3 is 3.00 bits per heavy atom. The minimum atomic E-state index is 0.552. The number of aromatic nitrogens is 1. The van der Waals surface area contributed by atoms with Crippen LogP contribution in [0.25, 0.3) is 10.9 Å². The normalized spacial score (nSPS) is 10.8. The molecule has 0 amide bonds. The average molecular weight is 245 g/mol. The molecular weight excluding hydrogens is 237 g/mol. The van der Waals surface area contributed by atoms with Gasteiger partial charge in [0, 0.05) is 21.9 Å². The second-order valence-corrected chi connectivity index (χ2v) is 3.73. The number of para-hydroxylation sites is 1. The van der Waals surface area contributed by atoms with E-state index in [9.17, 15) is 0 Å². The third-order valence-corrected chi connectivity index (χ3v) is 2.84. The summed E-state index contributed by atoms with van der Waals surface area (Å²) in [6, 6.07) is 6.08. The van der Waals surface area contributed by atoms with Crippen LogP contribution in [0.2, 0.25) is 0 Å². The maximum Gasteiger partial charge on any atom is 0.0601 e. The molecule has 2 aromatic rings. The molecule has 0 saturated heterocycles. The van der Waals surface area contributed by atoms with Gasteiger partial charge in [-0.15, -0.1) is 11.6 Å². The Bertz CT molecular complexity index is 408. The van der Waals surface area contributed by atoms with Gasteiger partial charge in [-0.1, -0.05) is 12.1 Å². The highest BCUT2D eigenvalue weighted by Gasteiger charge is 2.03. The summed E-state index contributed by atoms with van der Waals surface area (Å²) in [6.45, 7) is 0. The van der Waals surface area contributed by atoms with E-state index in [0.717, 1.165) is 15.6 Å². The molecule has 0 fully saturated rings. The van der Waals surface area contributed by atoms with E-state index in [4.69, 9.17) is 11.6 Å². The Balaban J connectivity index is 2.80. The van der Waals surface area contributed by atoms with Crippen LogP contribution in [0.15, 0.2) is 28.9 Å². The highest BCUT2D eigenvalue weighted by atomic mass is 79.9. The fourth-order valence-corrected chi connectivity index (χ4v) is 1.99. The van der Waals surface area contributed by atoms with E-state index in [-0.39, 0.29) is 0 Å². The Morgan fingerprint density at radius 1 is 1.42 bits per heavy atom. The van der Waals surface area contributed by atoms with E-state index < -0.39 is 0 Å². The number of hydrogen-bond acceptors (Lipinski definition) is 0. The molecule has 0 aliphatic carbocycles. The molecule has 62 valence electrons. The topological polar surface area (TPSA) is 15.8 Å². The summed E-state index contributed by atoms with van der Waals surface area (Å²) in [7, 11) is 0. The standard InChI is InChI=1S/C9H7BrClN/c10-8-3-1-2-7-6(4-11)5-12-9(7)8/h1-3,5,12H,4H2. The fourth-order valence-electron chi connectivity index (χ4n) is 1.29. The number of H-pyrrole nitrogens is 1. The Hall–Kier alpha value is -0.470. The van der Waals surface area contributed by atoms with E-state index in [1.807, 2.05) is 18.3 Å². The largest absolute Gasteiger partial charge is 0.360 e. The first-order chi connectivity index (χ1) is 5.83. The first kappa shape index (κ1) is 8.14. The van der Waals surface area contributed by atoms with E-state index in [1.165, 1.54) is 5.39 Å². The van der Waals surface area contributed by atoms with E-state index in [1.54, 1.807) is 0 Å². The molecule has 0 spiro atoms. The smallest absolute Gasteiger partial charge is 0.0601 e. The minimum Gasteiger partial charge on any atom is -0.360 e. The number of aromatic amines is 1. The molecule has 12 heavy (non-hydrogen) atoms. The lowest BCUT2D eigenvalue weighted by Gasteiger charge is -1.93. The lowest BCUT2D eigenvalue weighted by molar-refractivity contribution is 1.39. The summed E-state index contributed by atoms with van der Waals surface area (Å²) in [5.41, 5.74) is 2.26.